The quantitative estimate of drug-likeness (QED) is 0.743. The Morgan fingerprint density at radius 3 is 2.94 bits per heavy atom. The molecule has 90 valence electrons. The van der Waals surface area contributed by atoms with Gasteiger partial charge in [0.2, 0.25) is 5.91 Å². The van der Waals surface area contributed by atoms with Gasteiger partial charge in [0.1, 0.15) is 5.75 Å². The van der Waals surface area contributed by atoms with E-state index in [1.165, 1.54) is 6.08 Å². The number of ether oxygens (including phenoxy) is 1. The zero-order valence-corrected chi connectivity index (χ0v) is 9.84. The standard InChI is InChI=1S/C14H17NO2/c1-2-14(16)15-9-8-12(10-15)11-17-13-6-4-3-5-7-13/h2-7,12H,1,8-11H2. The van der Waals surface area contributed by atoms with E-state index in [1.54, 1.807) is 0 Å². The minimum absolute atomic E-state index is 0.0206. The van der Waals surface area contributed by atoms with Crippen molar-refractivity contribution in [3.8, 4) is 5.75 Å². The van der Waals surface area contributed by atoms with Crippen molar-refractivity contribution in [1.82, 2.24) is 4.90 Å². The summed E-state index contributed by atoms with van der Waals surface area (Å²) < 4.78 is 5.69. The summed E-state index contributed by atoms with van der Waals surface area (Å²) in [5.74, 6) is 1.34. The first kappa shape index (κ1) is 11.7. The number of amides is 1. The molecule has 17 heavy (non-hydrogen) atoms. The molecule has 3 heteroatoms. The molecular weight excluding hydrogens is 214 g/mol. The average molecular weight is 231 g/mol. The average Bonchev–Trinajstić information content (AvgIpc) is 2.85. The maximum atomic E-state index is 11.4. The molecule has 1 fully saturated rings. The minimum Gasteiger partial charge on any atom is -0.493 e. The van der Waals surface area contributed by atoms with E-state index in [0.717, 1.165) is 25.3 Å². The highest BCUT2D eigenvalue weighted by Gasteiger charge is 2.25. The van der Waals surface area contributed by atoms with Crippen molar-refractivity contribution in [2.45, 2.75) is 6.42 Å². The maximum absolute atomic E-state index is 11.4. The van der Waals surface area contributed by atoms with Crippen LogP contribution in [0.4, 0.5) is 0 Å². The van der Waals surface area contributed by atoms with Gasteiger partial charge >= 0.3 is 0 Å². The zero-order valence-electron chi connectivity index (χ0n) is 9.84. The molecule has 1 aliphatic rings. The molecule has 3 nitrogen and oxygen atoms in total. The second-order valence-corrected chi connectivity index (χ2v) is 4.27. The number of carbonyl (C=O) groups excluding carboxylic acids is 1. The molecule has 1 amide bonds. The van der Waals surface area contributed by atoms with Crippen LogP contribution in [0.1, 0.15) is 6.42 Å². The van der Waals surface area contributed by atoms with E-state index in [2.05, 4.69) is 6.58 Å². The van der Waals surface area contributed by atoms with Crippen molar-refractivity contribution in [2.24, 2.45) is 5.92 Å². The summed E-state index contributed by atoms with van der Waals surface area (Å²) >= 11 is 0. The minimum atomic E-state index is 0.0206. The molecule has 1 saturated heterocycles. The third kappa shape index (κ3) is 3.09. The lowest BCUT2D eigenvalue weighted by Crippen LogP contribution is -2.27. The SMILES string of the molecule is C=CC(=O)N1CCC(COc2ccccc2)C1. The second-order valence-electron chi connectivity index (χ2n) is 4.27. The molecule has 0 saturated carbocycles. The molecule has 1 atom stereocenters. The third-order valence-corrected chi connectivity index (χ3v) is 3.00. The lowest BCUT2D eigenvalue weighted by Gasteiger charge is -2.14. The van der Waals surface area contributed by atoms with Crippen LogP contribution in [0.3, 0.4) is 0 Å². The van der Waals surface area contributed by atoms with Crippen LogP contribution in [0.5, 0.6) is 5.75 Å². The Labute approximate surface area is 102 Å². The fourth-order valence-corrected chi connectivity index (χ4v) is 2.03. The highest BCUT2D eigenvalue weighted by molar-refractivity contribution is 5.87. The number of rotatable bonds is 4. The molecule has 0 bridgehead atoms. The van der Waals surface area contributed by atoms with Crippen LogP contribution in [0.2, 0.25) is 0 Å². The fraction of sp³-hybridized carbons (Fsp3) is 0.357. The molecular formula is C14H17NO2. The van der Waals surface area contributed by atoms with Gasteiger partial charge in [-0.1, -0.05) is 24.8 Å². The molecule has 0 aromatic heterocycles. The summed E-state index contributed by atoms with van der Waals surface area (Å²) in [7, 11) is 0. The van der Waals surface area contributed by atoms with Crippen LogP contribution in [-0.4, -0.2) is 30.5 Å². The number of hydrogen-bond acceptors (Lipinski definition) is 2. The van der Waals surface area contributed by atoms with E-state index in [-0.39, 0.29) is 5.91 Å². The normalized spacial score (nSPS) is 19.1. The predicted molar refractivity (Wildman–Crippen MR) is 66.8 cm³/mol. The van der Waals surface area contributed by atoms with Crippen molar-refractivity contribution in [3.63, 3.8) is 0 Å². The highest BCUT2D eigenvalue weighted by Crippen LogP contribution is 2.18. The van der Waals surface area contributed by atoms with Gasteiger partial charge in [0, 0.05) is 19.0 Å². The van der Waals surface area contributed by atoms with Gasteiger partial charge in [0.05, 0.1) is 6.61 Å². The summed E-state index contributed by atoms with van der Waals surface area (Å²) in [6.07, 6.45) is 2.38. The van der Waals surface area contributed by atoms with Crippen molar-refractivity contribution >= 4 is 5.91 Å². The summed E-state index contributed by atoms with van der Waals surface area (Å²) in [6, 6.07) is 9.77. The van der Waals surface area contributed by atoms with Crippen molar-refractivity contribution in [3.05, 3.63) is 43.0 Å². The largest absolute Gasteiger partial charge is 0.493 e. The van der Waals surface area contributed by atoms with Crippen LogP contribution in [-0.2, 0) is 4.79 Å². The number of benzene rings is 1. The first-order valence-electron chi connectivity index (χ1n) is 5.89. The van der Waals surface area contributed by atoms with Crippen molar-refractivity contribution in [2.75, 3.05) is 19.7 Å². The van der Waals surface area contributed by atoms with Crippen LogP contribution in [0, 0.1) is 5.92 Å². The first-order chi connectivity index (χ1) is 8.29. The van der Waals surface area contributed by atoms with Gasteiger partial charge in [0.25, 0.3) is 0 Å². The molecule has 1 heterocycles. The van der Waals surface area contributed by atoms with Crippen LogP contribution < -0.4 is 4.74 Å². The molecule has 0 aliphatic carbocycles. The number of carbonyl (C=O) groups is 1. The van der Waals surface area contributed by atoms with Gasteiger partial charge in [-0.05, 0) is 24.6 Å². The summed E-state index contributed by atoms with van der Waals surface area (Å²) in [4.78, 5) is 13.2. The van der Waals surface area contributed by atoms with Gasteiger partial charge in [-0.3, -0.25) is 4.79 Å². The van der Waals surface area contributed by atoms with Crippen molar-refractivity contribution < 1.29 is 9.53 Å². The van der Waals surface area contributed by atoms with E-state index >= 15 is 0 Å². The van der Waals surface area contributed by atoms with E-state index in [0.29, 0.717) is 12.5 Å². The molecule has 1 unspecified atom stereocenters. The Bertz CT molecular complexity index is 388. The molecule has 1 aliphatic heterocycles. The smallest absolute Gasteiger partial charge is 0.245 e. The Morgan fingerprint density at radius 2 is 2.24 bits per heavy atom. The van der Waals surface area contributed by atoms with Gasteiger partial charge < -0.3 is 9.64 Å². The van der Waals surface area contributed by atoms with Crippen LogP contribution >= 0.6 is 0 Å². The Kier molecular flexibility index (Phi) is 3.81. The number of likely N-dealkylation sites (tertiary alicyclic amines) is 1. The van der Waals surface area contributed by atoms with E-state index in [4.69, 9.17) is 4.74 Å². The molecule has 0 N–H and O–H groups in total. The van der Waals surface area contributed by atoms with Gasteiger partial charge in [-0.2, -0.15) is 0 Å². The second kappa shape index (κ2) is 5.53. The molecule has 0 radical (unpaired) electrons. The van der Waals surface area contributed by atoms with Gasteiger partial charge in [-0.15, -0.1) is 0 Å². The number of para-hydroxylation sites is 1. The Balaban J connectivity index is 1.79. The van der Waals surface area contributed by atoms with Crippen molar-refractivity contribution in [1.29, 1.82) is 0 Å². The summed E-state index contributed by atoms with van der Waals surface area (Å²) in [6.45, 7) is 5.76. The number of nitrogens with zero attached hydrogens (tertiary/aromatic N) is 1. The zero-order chi connectivity index (χ0) is 12.1. The van der Waals surface area contributed by atoms with E-state index in [9.17, 15) is 4.79 Å². The monoisotopic (exact) mass is 231 g/mol. The van der Waals surface area contributed by atoms with Crippen LogP contribution in [0.15, 0.2) is 43.0 Å². The molecule has 1 aromatic carbocycles. The van der Waals surface area contributed by atoms with Gasteiger partial charge in [-0.25, -0.2) is 0 Å². The molecule has 1 aromatic rings. The summed E-state index contributed by atoms with van der Waals surface area (Å²) in [5, 5.41) is 0. The van der Waals surface area contributed by atoms with Gasteiger partial charge in [0.15, 0.2) is 0 Å². The lowest BCUT2D eigenvalue weighted by atomic mass is 10.1. The summed E-state index contributed by atoms with van der Waals surface area (Å²) in [5.41, 5.74) is 0. The Morgan fingerprint density at radius 1 is 1.47 bits per heavy atom. The van der Waals surface area contributed by atoms with E-state index in [1.807, 2.05) is 35.2 Å². The highest BCUT2D eigenvalue weighted by atomic mass is 16.5. The number of hydrogen-bond donors (Lipinski definition) is 0. The predicted octanol–water partition coefficient (Wildman–Crippen LogP) is 2.10. The maximum Gasteiger partial charge on any atom is 0.245 e. The van der Waals surface area contributed by atoms with E-state index < -0.39 is 0 Å². The van der Waals surface area contributed by atoms with Crippen LogP contribution in [0.25, 0.3) is 0 Å². The third-order valence-electron chi connectivity index (χ3n) is 3.00. The molecule has 2 rings (SSSR count). The molecule has 0 spiro atoms. The topological polar surface area (TPSA) is 29.5 Å². The lowest BCUT2D eigenvalue weighted by molar-refractivity contribution is -0.125. The Hall–Kier alpha value is -1.77. The fourth-order valence-electron chi connectivity index (χ4n) is 2.03. The first-order valence-corrected chi connectivity index (χ1v) is 5.89.